The van der Waals surface area contributed by atoms with Crippen molar-refractivity contribution in [3.05, 3.63) is 39.7 Å². The van der Waals surface area contributed by atoms with E-state index in [4.69, 9.17) is 5.11 Å². The van der Waals surface area contributed by atoms with Gasteiger partial charge in [0.05, 0.1) is 17.6 Å². The molecule has 0 fully saturated rings. The van der Waals surface area contributed by atoms with Gasteiger partial charge in [-0.25, -0.2) is 4.68 Å². The first kappa shape index (κ1) is 14.0. The Bertz CT molecular complexity index is 569. The van der Waals surface area contributed by atoms with Crippen molar-refractivity contribution in [1.82, 2.24) is 15.0 Å². The molecule has 0 aliphatic heterocycles. The second-order valence-corrected chi connectivity index (χ2v) is 5.37. The van der Waals surface area contributed by atoms with Gasteiger partial charge in [0.15, 0.2) is 0 Å². The topological polar surface area (TPSA) is 68.0 Å². The molecule has 0 saturated carbocycles. The summed E-state index contributed by atoms with van der Waals surface area (Å²) >= 11 is 2.26. The van der Waals surface area contributed by atoms with Crippen LogP contribution in [-0.2, 0) is 11.2 Å². The van der Waals surface area contributed by atoms with Crippen LogP contribution >= 0.6 is 22.6 Å². The molecule has 19 heavy (non-hydrogen) atoms. The number of carbonyl (C=O) groups is 1. The molecule has 1 N–H and O–H groups in total. The summed E-state index contributed by atoms with van der Waals surface area (Å²) in [6.07, 6.45) is 4.36. The highest BCUT2D eigenvalue weighted by Crippen LogP contribution is 2.16. The first-order valence-corrected chi connectivity index (χ1v) is 7.12. The summed E-state index contributed by atoms with van der Waals surface area (Å²) in [5.41, 5.74) is 1.90. The molecule has 0 radical (unpaired) electrons. The Balaban J connectivity index is 1.96. The second-order valence-electron chi connectivity index (χ2n) is 4.21. The average Bonchev–Trinajstić information content (AvgIpc) is 2.83. The van der Waals surface area contributed by atoms with Crippen LogP contribution in [0.4, 0.5) is 0 Å². The molecular weight excluding hydrogens is 357 g/mol. The number of unbranched alkanes of at least 4 members (excludes halogenated alkanes) is 1. The SMILES string of the molecule is O=C(O)CCCCc1cn(-c2ccccc2I)nn1. The van der Waals surface area contributed by atoms with Gasteiger partial charge >= 0.3 is 5.97 Å². The van der Waals surface area contributed by atoms with E-state index in [1.165, 1.54) is 0 Å². The van der Waals surface area contributed by atoms with Gasteiger partial charge in [-0.2, -0.15) is 0 Å². The highest BCUT2D eigenvalue weighted by Gasteiger charge is 2.06. The highest BCUT2D eigenvalue weighted by atomic mass is 127. The zero-order valence-electron chi connectivity index (χ0n) is 10.3. The predicted octanol–water partition coefficient (Wildman–Crippen LogP) is 2.67. The van der Waals surface area contributed by atoms with Crippen molar-refractivity contribution in [2.45, 2.75) is 25.7 Å². The normalized spacial score (nSPS) is 10.6. The molecule has 2 rings (SSSR count). The fraction of sp³-hybridized carbons (Fsp3) is 0.308. The summed E-state index contributed by atoms with van der Waals surface area (Å²) in [6.45, 7) is 0. The number of halogens is 1. The van der Waals surface area contributed by atoms with Gasteiger partial charge in [0.25, 0.3) is 0 Å². The fourth-order valence-electron chi connectivity index (χ4n) is 1.75. The number of carboxylic acids is 1. The van der Waals surface area contributed by atoms with E-state index in [0.717, 1.165) is 27.8 Å². The molecule has 2 aromatic rings. The van der Waals surface area contributed by atoms with Crippen molar-refractivity contribution in [2.75, 3.05) is 0 Å². The van der Waals surface area contributed by atoms with E-state index in [1.807, 2.05) is 30.5 Å². The highest BCUT2D eigenvalue weighted by molar-refractivity contribution is 14.1. The summed E-state index contributed by atoms with van der Waals surface area (Å²) < 4.78 is 2.87. The van der Waals surface area contributed by atoms with Crippen molar-refractivity contribution >= 4 is 28.6 Å². The number of hydrogen-bond acceptors (Lipinski definition) is 3. The Morgan fingerprint density at radius 3 is 2.84 bits per heavy atom. The number of carboxylic acid groups (broad SMARTS) is 1. The number of rotatable bonds is 6. The molecule has 0 atom stereocenters. The molecule has 5 nitrogen and oxygen atoms in total. The maximum atomic E-state index is 10.4. The predicted molar refractivity (Wildman–Crippen MR) is 79.3 cm³/mol. The molecule has 0 amide bonds. The van der Waals surface area contributed by atoms with Gasteiger partial charge in [0.2, 0.25) is 0 Å². The van der Waals surface area contributed by atoms with Crippen molar-refractivity contribution in [2.24, 2.45) is 0 Å². The summed E-state index contributed by atoms with van der Waals surface area (Å²) in [4.78, 5) is 10.4. The van der Waals surface area contributed by atoms with Crippen molar-refractivity contribution < 1.29 is 9.90 Å². The van der Waals surface area contributed by atoms with Gasteiger partial charge in [0.1, 0.15) is 0 Å². The fourth-order valence-corrected chi connectivity index (χ4v) is 2.39. The number of aliphatic carboxylic acids is 1. The third kappa shape index (κ3) is 4.02. The minimum absolute atomic E-state index is 0.213. The number of aryl methyl sites for hydroxylation is 1. The Morgan fingerprint density at radius 2 is 2.11 bits per heavy atom. The third-order valence-corrected chi connectivity index (χ3v) is 3.63. The molecular formula is C13H14IN3O2. The van der Waals surface area contributed by atoms with E-state index in [9.17, 15) is 4.79 Å². The van der Waals surface area contributed by atoms with Gasteiger partial charge in [-0.1, -0.05) is 17.3 Å². The molecule has 1 aromatic carbocycles. The Hall–Kier alpha value is -1.44. The largest absolute Gasteiger partial charge is 0.481 e. The molecule has 0 unspecified atom stereocenters. The monoisotopic (exact) mass is 371 g/mol. The molecule has 1 heterocycles. The van der Waals surface area contributed by atoms with E-state index >= 15 is 0 Å². The first-order valence-electron chi connectivity index (χ1n) is 6.05. The number of nitrogens with zero attached hydrogens (tertiary/aromatic N) is 3. The first-order chi connectivity index (χ1) is 9.16. The lowest BCUT2D eigenvalue weighted by Gasteiger charge is -2.01. The van der Waals surface area contributed by atoms with Crippen LogP contribution < -0.4 is 0 Å². The molecule has 0 saturated heterocycles. The maximum Gasteiger partial charge on any atom is 0.303 e. The lowest BCUT2D eigenvalue weighted by Crippen LogP contribution is -1.97. The van der Waals surface area contributed by atoms with Crippen LogP contribution in [-0.4, -0.2) is 26.1 Å². The zero-order valence-corrected chi connectivity index (χ0v) is 12.4. The van der Waals surface area contributed by atoms with Crippen LogP contribution in [0.1, 0.15) is 25.0 Å². The Labute approximate surface area is 124 Å². The average molecular weight is 371 g/mol. The quantitative estimate of drug-likeness (QED) is 0.626. The number of benzene rings is 1. The van der Waals surface area contributed by atoms with Crippen molar-refractivity contribution in [3.63, 3.8) is 0 Å². The van der Waals surface area contributed by atoms with Crippen LogP contribution in [0.15, 0.2) is 30.5 Å². The molecule has 0 aliphatic rings. The Kier molecular flexibility index (Phi) is 4.89. The second kappa shape index (κ2) is 6.65. The van der Waals surface area contributed by atoms with Crippen LogP contribution in [0.2, 0.25) is 0 Å². The third-order valence-electron chi connectivity index (χ3n) is 2.71. The van der Waals surface area contributed by atoms with Gasteiger partial charge in [0, 0.05) is 9.99 Å². The zero-order chi connectivity index (χ0) is 13.7. The number of hydrogen-bond donors (Lipinski definition) is 1. The minimum atomic E-state index is -0.748. The van der Waals surface area contributed by atoms with Crippen LogP contribution in [0, 0.1) is 3.57 Å². The molecule has 0 spiro atoms. The molecule has 100 valence electrons. The summed E-state index contributed by atoms with van der Waals surface area (Å²) in [5, 5.41) is 16.8. The number of aromatic nitrogens is 3. The van der Waals surface area contributed by atoms with Crippen LogP contribution in [0.3, 0.4) is 0 Å². The van der Waals surface area contributed by atoms with E-state index in [0.29, 0.717) is 6.42 Å². The Morgan fingerprint density at radius 1 is 1.32 bits per heavy atom. The maximum absolute atomic E-state index is 10.4. The van der Waals surface area contributed by atoms with Gasteiger partial charge in [-0.05, 0) is 54.0 Å². The van der Waals surface area contributed by atoms with Gasteiger partial charge < -0.3 is 5.11 Å². The smallest absolute Gasteiger partial charge is 0.303 e. The summed E-state index contributed by atoms with van der Waals surface area (Å²) in [6, 6.07) is 7.95. The van der Waals surface area contributed by atoms with Crippen LogP contribution in [0.25, 0.3) is 5.69 Å². The number of para-hydroxylation sites is 1. The lowest BCUT2D eigenvalue weighted by atomic mass is 10.1. The standard InChI is InChI=1S/C13H14IN3O2/c14-11-6-2-3-7-12(11)17-9-10(15-16-17)5-1-4-8-13(18)19/h2-3,6-7,9H,1,4-5,8H2,(H,18,19). The van der Waals surface area contributed by atoms with Gasteiger partial charge in [-0.3, -0.25) is 4.79 Å². The minimum Gasteiger partial charge on any atom is -0.481 e. The van der Waals surface area contributed by atoms with E-state index in [2.05, 4.69) is 32.9 Å². The van der Waals surface area contributed by atoms with E-state index in [-0.39, 0.29) is 6.42 Å². The molecule has 6 heteroatoms. The van der Waals surface area contributed by atoms with Gasteiger partial charge in [-0.15, -0.1) is 5.10 Å². The lowest BCUT2D eigenvalue weighted by molar-refractivity contribution is -0.137. The van der Waals surface area contributed by atoms with Crippen LogP contribution in [0.5, 0.6) is 0 Å². The van der Waals surface area contributed by atoms with E-state index < -0.39 is 5.97 Å². The molecule has 0 aliphatic carbocycles. The van der Waals surface area contributed by atoms with Crippen molar-refractivity contribution in [3.8, 4) is 5.69 Å². The summed E-state index contributed by atoms with van der Waals surface area (Å²) in [7, 11) is 0. The van der Waals surface area contributed by atoms with Crippen molar-refractivity contribution in [1.29, 1.82) is 0 Å². The molecule has 1 aromatic heterocycles. The molecule has 0 bridgehead atoms. The van der Waals surface area contributed by atoms with E-state index in [1.54, 1.807) is 4.68 Å². The summed E-state index contributed by atoms with van der Waals surface area (Å²) in [5.74, 6) is -0.748.